The molecule has 0 heterocycles. The second-order valence-electron chi connectivity index (χ2n) is 4.39. The normalized spacial score (nSPS) is 10.1. The number of nitrogens with one attached hydrogen (secondary N) is 2. The highest BCUT2D eigenvalue weighted by Crippen LogP contribution is 2.16. The van der Waals surface area contributed by atoms with Gasteiger partial charge in [-0.1, -0.05) is 12.1 Å². The van der Waals surface area contributed by atoms with Crippen molar-refractivity contribution in [1.82, 2.24) is 0 Å². The van der Waals surface area contributed by atoms with Crippen LogP contribution in [0.15, 0.2) is 42.5 Å². The van der Waals surface area contributed by atoms with E-state index in [1.165, 1.54) is 14.7 Å². The first-order valence-electron chi connectivity index (χ1n) is 5.95. The highest BCUT2D eigenvalue weighted by atomic mass is 127. The zero-order valence-electron chi connectivity index (χ0n) is 10.8. The number of aryl methyl sites for hydroxylation is 2. The van der Waals surface area contributed by atoms with E-state index in [1.807, 2.05) is 24.3 Å². The molecule has 0 aliphatic carbocycles. The van der Waals surface area contributed by atoms with Crippen molar-refractivity contribution in [2.45, 2.75) is 13.8 Å². The lowest BCUT2D eigenvalue weighted by Crippen LogP contribution is -2.19. The number of anilines is 2. The van der Waals surface area contributed by atoms with Crippen molar-refractivity contribution < 1.29 is 0 Å². The van der Waals surface area contributed by atoms with Gasteiger partial charge in [0.15, 0.2) is 5.11 Å². The molecular formula is C15H15IN2S. The van der Waals surface area contributed by atoms with Crippen LogP contribution in [-0.2, 0) is 0 Å². The molecule has 0 fully saturated rings. The minimum Gasteiger partial charge on any atom is -0.332 e. The van der Waals surface area contributed by atoms with E-state index in [1.54, 1.807) is 0 Å². The average Bonchev–Trinajstić information content (AvgIpc) is 2.34. The quantitative estimate of drug-likeness (QED) is 0.581. The van der Waals surface area contributed by atoms with Crippen molar-refractivity contribution in [2.24, 2.45) is 0 Å². The third-order valence-electron chi connectivity index (χ3n) is 2.85. The molecule has 4 heteroatoms. The molecule has 0 saturated heterocycles. The smallest absolute Gasteiger partial charge is 0.175 e. The third kappa shape index (κ3) is 4.18. The molecule has 2 aromatic carbocycles. The molecule has 0 amide bonds. The van der Waals surface area contributed by atoms with E-state index < -0.39 is 0 Å². The second kappa shape index (κ2) is 6.34. The standard InChI is InChI=1S/C15H15IN2S/c1-10-6-7-14(8-11(10)2)18-15(19)17-13-5-3-4-12(16)9-13/h3-9H,1-2H3,(H2,17,18,19). The summed E-state index contributed by atoms with van der Waals surface area (Å²) in [5, 5.41) is 6.98. The Labute approximate surface area is 132 Å². The SMILES string of the molecule is Cc1ccc(NC(=S)Nc2cccc(I)c2)cc1C. The van der Waals surface area contributed by atoms with Gasteiger partial charge < -0.3 is 10.6 Å². The minimum atomic E-state index is 0.602. The lowest BCUT2D eigenvalue weighted by molar-refractivity contribution is 1.34. The molecule has 0 bridgehead atoms. The largest absolute Gasteiger partial charge is 0.332 e. The summed E-state index contributed by atoms with van der Waals surface area (Å²) >= 11 is 7.59. The van der Waals surface area contributed by atoms with Gasteiger partial charge in [0.25, 0.3) is 0 Å². The molecule has 0 radical (unpaired) electrons. The van der Waals surface area contributed by atoms with Gasteiger partial charge >= 0.3 is 0 Å². The first kappa shape index (κ1) is 14.3. The zero-order chi connectivity index (χ0) is 13.8. The molecule has 2 aromatic rings. The van der Waals surface area contributed by atoms with E-state index in [0.29, 0.717) is 5.11 Å². The van der Waals surface area contributed by atoms with Gasteiger partial charge in [-0.3, -0.25) is 0 Å². The number of rotatable bonds is 2. The highest BCUT2D eigenvalue weighted by Gasteiger charge is 2.01. The molecule has 0 saturated carbocycles. The van der Waals surface area contributed by atoms with Crippen LogP contribution in [-0.4, -0.2) is 5.11 Å². The van der Waals surface area contributed by atoms with Gasteiger partial charge in [0.1, 0.15) is 0 Å². The van der Waals surface area contributed by atoms with Crippen LogP contribution >= 0.6 is 34.8 Å². The fraction of sp³-hybridized carbons (Fsp3) is 0.133. The van der Waals surface area contributed by atoms with Gasteiger partial charge in [-0.15, -0.1) is 0 Å². The summed E-state index contributed by atoms with van der Waals surface area (Å²) in [6.45, 7) is 4.19. The van der Waals surface area contributed by atoms with Gasteiger partial charge in [-0.2, -0.15) is 0 Å². The molecule has 2 rings (SSSR count). The summed E-state index contributed by atoms with van der Waals surface area (Å²) in [4.78, 5) is 0. The van der Waals surface area contributed by atoms with Crippen LogP contribution in [0, 0.1) is 17.4 Å². The molecule has 0 aliphatic heterocycles. The van der Waals surface area contributed by atoms with Crippen LogP contribution in [0.3, 0.4) is 0 Å². The maximum absolute atomic E-state index is 5.31. The summed E-state index contributed by atoms with van der Waals surface area (Å²) in [7, 11) is 0. The summed E-state index contributed by atoms with van der Waals surface area (Å²) in [6, 6.07) is 14.3. The van der Waals surface area contributed by atoms with Crippen LogP contribution in [0.5, 0.6) is 0 Å². The zero-order valence-corrected chi connectivity index (χ0v) is 13.8. The predicted octanol–water partition coefficient (Wildman–Crippen LogP) is 4.72. The molecule has 0 aromatic heterocycles. The van der Waals surface area contributed by atoms with E-state index in [0.717, 1.165) is 11.4 Å². The topological polar surface area (TPSA) is 24.1 Å². The molecule has 0 aliphatic rings. The molecule has 98 valence electrons. The maximum atomic E-state index is 5.31. The first-order valence-corrected chi connectivity index (χ1v) is 7.44. The van der Waals surface area contributed by atoms with Crippen molar-refractivity contribution in [2.75, 3.05) is 10.6 Å². The van der Waals surface area contributed by atoms with Crippen LogP contribution < -0.4 is 10.6 Å². The number of thiocarbonyl (C=S) groups is 1. The van der Waals surface area contributed by atoms with Crippen LogP contribution in [0.4, 0.5) is 11.4 Å². The summed E-state index contributed by atoms with van der Waals surface area (Å²) in [6.07, 6.45) is 0. The molecule has 0 atom stereocenters. The van der Waals surface area contributed by atoms with E-state index in [9.17, 15) is 0 Å². The van der Waals surface area contributed by atoms with Crippen molar-refractivity contribution in [3.05, 3.63) is 57.2 Å². The second-order valence-corrected chi connectivity index (χ2v) is 6.04. The highest BCUT2D eigenvalue weighted by molar-refractivity contribution is 14.1. The molecular weight excluding hydrogens is 367 g/mol. The van der Waals surface area contributed by atoms with E-state index in [2.05, 4.69) is 65.3 Å². The van der Waals surface area contributed by atoms with Gasteiger partial charge in [-0.05, 0) is 90.1 Å². The number of hydrogen-bond donors (Lipinski definition) is 2. The summed E-state index contributed by atoms with van der Waals surface area (Å²) in [5.41, 5.74) is 4.53. The van der Waals surface area contributed by atoms with Gasteiger partial charge in [0.05, 0.1) is 0 Å². The lowest BCUT2D eigenvalue weighted by Gasteiger charge is -2.12. The van der Waals surface area contributed by atoms with E-state index in [4.69, 9.17) is 12.2 Å². The van der Waals surface area contributed by atoms with Crippen molar-refractivity contribution >= 4 is 51.3 Å². The van der Waals surface area contributed by atoms with Gasteiger partial charge in [0.2, 0.25) is 0 Å². The molecule has 0 unspecified atom stereocenters. The molecule has 2 nitrogen and oxygen atoms in total. The Morgan fingerprint density at radius 1 is 0.947 bits per heavy atom. The Bertz CT molecular complexity index is 611. The Balaban J connectivity index is 2.03. The maximum Gasteiger partial charge on any atom is 0.175 e. The minimum absolute atomic E-state index is 0.602. The summed E-state index contributed by atoms with van der Waals surface area (Å²) < 4.78 is 1.18. The average molecular weight is 382 g/mol. The van der Waals surface area contributed by atoms with Crippen LogP contribution in [0.25, 0.3) is 0 Å². The van der Waals surface area contributed by atoms with Crippen LogP contribution in [0.2, 0.25) is 0 Å². The van der Waals surface area contributed by atoms with Crippen molar-refractivity contribution in [3.8, 4) is 0 Å². The number of halogens is 1. The monoisotopic (exact) mass is 382 g/mol. The van der Waals surface area contributed by atoms with E-state index in [-0.39, 0.29) is 0 Å². The molecule has 2 N–H and O–H groups in total. The van der Waals surface area contributed by atoms with Gasteiger partial charge in [0, 0.05) is 14.9 Å². The number of benzene rings is 2. The number of hydrogen-bond acceptors (Lipinski definition) is 1. The van der Waals surface area contributed by atoms with E-state index >= 15 is 0 Å². The Hall–Kier alpha value is -1.14. The van der Waals surface area contributed by atoms with Crippen molar-refractivity contribution in [1.29, 1.82) is 0 Å². The lowest BCUT2D eigenvalue weighted by atomic mass is 10.1. The fourth-order valence-corrected chi connectivity index (χ4v) is 2.46. The fourth-order valence-electron chi connectivity index (χ4n) is 1.68. The Morgan fingerprint density at radius 2 is 1.63 bits per heavy atom. The first-order chi connectivity index (χ1) is 9.04. The van der Waals surface area contributed by atoms with Gasteiger partial charge in [-0.25, -0.2) is 0 Å². The molecule has 19 heavy (non-hydrogen) atoms. The van der Waals surface area contributed by atoms with Crippen LogP contribution in [0.1, 0.15) is 11.1 Å². The predicted molar refractivity (Wildman–Crippen MR) is 94.9 cm³/mol. The Morgan fingerprint density at radius 3 is 2.26 bits per heavy atom. The van der Waals surface area contributed by atoms with Crippen molar-refractivity contribution in [3.63, 3.8) is 0 Å². The third-order valence-corrected chi connectivity index (χ3v) is 3.72. The molecule has 0 spiro atoms. The Kier molecular flexibility index (Phi) is 4.76. The summed E-state index contributed by atoms with van der Waals surface area (Å²) in [5.74, 6) is 0.